The van der Waals surface area contributed by atoms with Crippen molar-refractivity contribution in [3.05, 3.63) is 0 Å². The number of carboxylic acid groups (broad SMARTS) is 1. The lowest BCUT2D eigenvalue weighted by molar-refractivity contribution is -0.137. The number of rotatable bonds is 3. The second-order valence-corrected chi connectivity index (χ2v) is 2.34. The molecule has 0 aromatic rings. The van der Waals surface area contributed by atoms with Crippen LogP contribution in [0.5, 0.6) is 0 Å². The lowest BCUT2D eigenvalue weighted by atomic mass is 10.2. The molecular weight excluding hydrogens is 142 g/mol. The van der Waals surface area contributed by atoms with Crippen LogP contribution in [0.4, 0.5) is 0 Å². The van der Waals surface area contributed by atoms with E-state index in [1.165, 1.54) is 6.42 Å². The van der Waals surface area contributed by atoms with E-state index in [1.54, 1.807) is 0 Å². The van der Waals surface area contributed by atoms with Crippen LogP contribution in [0.15, 0.2) is 0 Å². The molecule has 0 radical (unpaired) electrons. The van der Waals surface area contributed by atoms with Crippen molar-refractivity contribution in [1.29, 1.82) is 0 Å². The molecule has 1 saturated heterocycles. The van der Waals surface area contributed by atoms with Gasteiger partial charge in [0.05, 0.1) is 6.42 Å². The summed E-state index contributed by atoms with van der Waals surface area (Å²) in [5.41, 5.74) is 0. The van der Waals surface area contributed by atoms with Crippen LogP contribution in [-0.4, -0.2) is 35.6 Å². The summed E-state index contributed by atoms with van der Waals surface area (Å²) >= 11 is 0. The highest BCUT2D eigenvalue weighted by Gasteiger charge is 2.13. The number of hydrogen-bond acceptors (Lipinski definition) is 2. The van der Waals surface area contributed by atoms with Crippen LogP contribution < -0.4 is 0 Å². The van der Waals surface area contributed by atoms with Gasteiger partial charge in [-0.05, 0) is 19.5 Å². The number of nitrogens with zero attached hydrogens (tertiary/aromatic N) is 1. The minimum absolute atomic E-state index is 0.292. The summed E-state index contributed by atoms with van der Waals surface area (Å²) in [6.45, 7) is 6.91. The van der Waals surface area contributed by atoms with Crippen LogP contribution >= 0.6 is 0 Å². The Kier molecular flexibility index (Phi) is 5.84. The average molecular weight is 159 g/mol. The van der Waals surface area contributed by atoms with E-state index in [1.807, 2.05) is 13.8 Å². The lowest BCUT2D eigenvalue weighted by Crippen LogP contribution is -2.38. The zero-order valence-electron chi connectivity index (χ0n) is 7.34. The summed E-state index contributed by atoms with van der Waals surface area (Å²) in [7, 11) is 0. The van der Waals surface area contributed by atoms with Crippen LogP contribution in [0.3, 0.4) is 0 Å². The van der Waals surface area contributed by atoms with E-state index in [2.05, 4.69) is 4.90 Å². The summed E-state index contributed by atoms with van der Waals surface area (Å²) in [6, 6.07) is 0. The molecule has 0 bridgehead atoms. The standard InChI is InChI=1S/C6H11NO2.C2H6/c8-6(9)2-5-7-3-1-4-7;1-2/h1-5H2,(H,8,9);1-2H3. The molecular formula is C8H17NO2. The second-order valence-electron chi connectivity index (χ2n) is 2.34. The molecule has 1 fully saturated rings. The van der Waals surface area contributed by atoms with E-state index in [4.69, 9.17) is 5.11 Å². The Balaban J connectivity index is 0.000000461. The van der Waals surface area contributed by atoms with Gasteiger partial charge in [0.1, 0.15) is 0 Å². The molecule has 0 aliphatic carbocycles. The molecule has 11 heavy (non-hydrogen) atoms. The molecule has 3 heteroatoms. The molecule has 0 aromatic heterocycles. The molecule has 0 saturated carbocycles. The first-order chi connectivity index (χ1) is 5.29. The molecule has 1 rings (SSSR count). The van der Waals surface area contributed by atoms with Gasteiger partial charge in [0.2, 0.25) is 0 Å². The highest BCUT2D eigenvalue weighted by atomic mass is 16.4. The first-order valence-corrected chi connectivity index (χ1v) is 4.23. The fourth-order valence-electron chi connectivity index (χ4n) is 0.859. The van der Waals surface area contributed by atoms with E-state index >= 15 is 0 Å². The van der Waals surface area contributed by atoms with E-state index in [0.29, 0.717) is 6.42 Å². The van der Waals surface area contributed by atoms with Crippen LogP contribution in [0.1, 0.15) is 26.7 Å². The Morgan fingerprint density at radius 1 is 1.45 bits per heavy atom. The van der Waals surface area contributed by atoms with E-state index < -0.39 is 5.97 Å². The Morgan fingerprint density at radius 2 is 2.00 bits per heavy atom. The Bertz CT molecular complexity index is 111. The highest BCUT2D eigenvalue weighted by Crippen LogP contribution is 2.04. The Morgan fingerprint density at radius 3 is 2.27 bits per heavy atom. The minimum atomic E-state index is -0.693. The molecule has 0 aromatic carbocycles. The van der Waals surface area contributed by atoms with Crippen molar-refractivity contribution in [3.8, 4) is 0 Å². The molecule has 0 spiro atoms. The van der Waals surface area contributed by atoms with Gasteiger partial charge in [0.15, 0.2) is 0 Å². The third kappa shape index (κ3) is 4.79. The zero-order valence-corrected chi connectivity index (χ0v) is 7.34. The summed E-state index contributed by atoms with van der Waals surface area (Å²) in [5, 5.41) is 8.26. The van der Waals surface area contributed by atoms with E-state index in [-0.39, 0.29) is 0 Å². The Hall–Kier alpha value is -0.570. The monoisotopic (exact) mass is 159 g/mol. The first kappa shape index (κ1) is 10.4. The van der Waals surface area contributed by atoms with Crippen molar-refractivity contribution in [2.75, 3.05) is 19.6 Å². The van der Waals surface area contributed by atoms with Gasteiger partial charge in [-0.15, -0.1) is 0 Å². The SMILES string of the molecule is CC.O=C(O)CCN1CCC1. The Labute approximate surface area is 68.0 Å². The maximum Gasteiger partial charge on any atom is 0.304 e. The normalized spacial score (nSPS) is 16.2. The van der Waals surface area contributed by atoms with Crippen molar-refractivity contribution in [2.24, 2.45) is 0 Å². The quantitative estimate of drug-likeness (QED) is 0.672. The summed E-state index contributed by atoms with van der Waals surface area (Å²) in [4.78, 5) is 12.2. The van der Waals surface area contributed by atoms with Gasteiger partial charge in [-0.25, -0.2) is 0 Å². The third-order valence-electron chi connectivity index (χ3n) is 1.59. The number of carbonyl (C=O) groups is 1. The molecule has 1 aliphatic heterocycles. The van der Waals surface area contributed by atoms with E-state index in [0.717, 1.165) is 19.6 Å². The molecule has 66 valence electrons. The van der Waals surface area contributed by atoms with Crippen LogP contribution in [-0.2, 0) is 4.79 Å². The maximum atomic E-state index is 10.0. The third-order valence-corrected chi connectivity index (χ3v) is 1.59. The second kappa shape index (κ2) is 6.16. The van der Waals surface area contributed by atoms with Gasteiger partial charge in [-0.1, -0.05) is 13.8 Å². The van der Waals surface area contributed by atoms with Crippen molar-refractivity contribution in [1.82, 2.24) is 4.90 Å². The fourth-order valence-corrected chi connectivity index (χ4v) is 0.859. The molecule has 1 aliphatic rings. The molecule has 1 heterocycles. The lowest BCUT2D eigenvalue weighted by Gasteiger charge is -2.29. The predicted molar refractivity (Wildman–Crippen MR) is 44.7 cm³/mol. The predicted octanol–water partition coefficient (Wildman–Crippen LogP) is 1.19. The summed E-state index contributed by atoms with van der Waals surface area (Å²) in [5.74, 6) is -0.693. The fraction of sp³-hybridized carbons (Fsp3) is 0.875. The summed E-state index contributed by atoms with van der Waals surface area (Å²) < 4.78 is 0. The number of aliphatic carboxylic acids is 1. The maximum absolute atomic E-state index is 10.0. The molecule has 0 atom stereocenters. The summed E-state index contributed by atoms with van der Waals surface area (Å²) in [6.07, 6.45) is 1.53. The van der Waals surface area contributed by atoms with Crippen LogP contribution in [0.2, 0.25) is 0 Å². The smallest absolute Gasteiger partial charge is 0.304 e. The van der Waals surface area contributed by atoms with Gasteiger partial charge in [-0.2, -0.15) is 0 Å². The average Bonchev–Trinajstić information content (AvgIpc) is 1.88. The molecule has 0 unspecified atom stereocenters. The van der Waals surface area contributed by atoms with Crippen molar-refractivity contribution < 1.29 is 9.90 Å². The highest BCUT2D eigenvalue weighted by molar-refractivity contribution is 5.66. The molecule has 0 amide bonds. The van der Waals surface area contributed by atoms with Crippen molar-refractivity contribution in [3.63, 3.8) is 0 Å². The van der Waals surface area contributed by atoms with Gasteiger partial charge in [0.25, 0.3) is 0 Å². The largest absolute Gasteiger partial charge is 0.481 e. The molecule has 1 N–H and O–H groups in total. The van der Waals surface area contributed by atoms with Crippen LogP contribution in [0.25, 0.3) is 0 Å². The van der Waals surface area contributed by atoms with Gasteiger partial charge in [-0.3, -0.25) is 4.79 Å². The van der Waals surface area contributed by atoms with Gasteiger partial charge >= 0.3 is 5.97 Å². The van der Waals surface area contributed by atoms with E-state index in [9.17, 15) is 4.79 Å². The van der Waals surface area contributed by atoms with Gasteiger partial charge < -0.3 is 10.0 Å². The van der Waals surface area contributed by atoms with Crippen molar-refractivity contribution >= 4 is 5.97 Å². The molecule has 3 nitrogen and oxygen atoms in total. The number of hydrogen-bond donors (Lipinski definition) is 1. The van der Waals surface area contributed by atoms with Crippen molar-refractivity contribution in [2.45, 2.75) is 26.7 Å². The first-order valence-electron chi connectivity index (χ1n) is 4.23. The van der Waals surface area contributed by atoms with Crippen LogP contribution in [0, 0.1) is 0 Å². The number of likely N-dealkylation sites (tertiary alicyclic amines) is 1. The minimum Gasteiger partial charge on any atom is -0.481 e. The number of carboxylic acids is 1. The topological polar surface area (TPSA) is 40.5 Å². The van der Waals surface area contributed by atoms with Gasteiger partial charge in [0, 0.05) is 6.54 Å². The zero-order chi connectivity index (χ0) is 8.69.